The number of hydrogen-bond donors (Lipinski definition) is 0. The molecule has 4 heteroatoms. The Kier molecular flexibility index (Phi) is 23.4. The first-order valence-corrected chi connectivity index (χ1v) is 28.9. The van der Waals surface area contributed by atoms with Gasteiger partial charge < -0.3 is 0 Å². The molecule has 2 radical (unpaired) electrons. The van der Waals surface area contributed by atoms with E-state index in [4.69, 9.17) is 17.0 Å². The van der Waals surface area contributed by atoms with Gasteiger partial charge in [0.05, 0.1) is 0 Å². The van der Waals surface area contributed by atoms with Crippen LogP contribution in [-0.2, 0) is 46.5 Å². The molecule has 0 fully saturated rings. The molecule has 0 unspecified atom stereocenters. The molecule has 0 saturated carbocycles. The zero-order chi connectivity index (χ0) is 39.0. The number of benzene rings is 4. The van der Waals surface area contributed by atoms with Crippen LogP contribution in [0.5, 0.6) is 0 Å². The summed E-state index contributed by atoms with van der Waals surface area (Å²) in [5.74, 6) is 0. The summed E-state index contributed by atoms with van der Waals surface area (Å²) < 4.78 is 0. The van der Waals surface area contributed by atoms with Crippen LogP contribution in [0.3, 0.4) is 0 Å². The molecule has 0 aliphatic carbocycles. The average molecular weight is 855 g/mol. The van der Waals surface area contributed by atoms with Crippen molar-refractivity contribution in [3.63, 3.8) is 0 Å². The molecule has 286 valence electrons. The van der Waals surface area contributed by atoms with Gasteiger partial charge in [-0.25, -0.2) is 0 Å². The van der Waals surface area contributed by atoms with Gasteiger partial charge in [0.15, 0.2) is 0 Å². The van der Waals surface area contributed by atoms with E-state index in [1.54, 1.807) is 0 Å². The molecule has 0 aliphatic rings. The molecule has 0 atom stereocenters. The van der Waals surface area contributed by atoms with Gasteiger partial charge in [-0.1, -0.05) is 164 Å². The van der Waals surface area contributed by atoms with Gasteiger partial charge in [0, 0.05) is 9.52 Å². The van der Waals surface area contributed by atoms with Crippen LogP contribution in [0.25, 0.3) is 43.8 Å². The van der Waals surface area contributed by atoms with Gasteiger partial charge in [0.25, 0.3) is 0 Å². The van der Waals surface area contributed by atoms with Gasteiger partial charge in [0.2, 0.25) is 0 Å². The van der Waals surface area contributed by atoms with E-state index in [0.717, 1.165) is 9.52 Å². The summed E-state index contributed by atoms with van der Waals surface area (Å²) in [6, 6.07) is 41.3. The number of halogens is 2. The Morgan fingerprint density at radius 2 is 0.852 bits per heavy atom. The predicted octanol–water partition coefficient (Wildman–Crippen LogP) is 16.8. The van der Waals surface area contributed by atoms with E-state index in [0.29, 0.717) is 0 Å². The van der Waals surface area contributed by atoms with Crippen LogP contribution < -0.4 is 0 Å². The van der Waals surface area contributed by atoms with Crippen LogP contribution in [0.2, 0.25) is 13.1 Å². The number of unbranched alkanes of at least 4 members (excludes halogenated alkanes) is 6. The van der Waals surface area contributed by atoms with Gasteiger partial charge in [-0.05, 0) is 60.8 Å². The number of hydrogen-bond acceptors (Lipinski definition) is 0. The zero-order valence-corrected chi connectivity index (χ0v) is 39.0. The second kappa shape index (κ2) is 27.4. The van der Waals surface area contributed by atoms with E-state index in [1.165, 1.54) is 156 Å². The first-order valence-electron chi connectivity index (χ1n) is 20.6. The first kappa shape index (κ1) is 46.2. The quantitative estimate of drug-likeness (QED) is 0.0517. The fraction of sp³-hybridized carbons (Fsp3) is 0.400. The van der Waals surface area contributed by atoms with Crippen LogP contribution in [0.4, 0.5) is 0 Å². The fourth-order valence-electron chi connectivity index (χ4n) is 7.18. The van der Waals surface area contributed by atoms with Crippen molar-refractivity contribution in [2.24, 2.45) is 0 Å². The number of fused-ring (bicyclic) bond motifs is 2. The Bertz CT molecular complexity index is 1710. The summed E-state index contributed by atoms with van der Waals surface area (Å²) >= 11 is -0.826. The maximum atomic E-state index is 4.93. The monoisotopic (exact) mass is 852 g/mol. The Labute approximate surface area is 350 Å². The van der Waals surface area contributed by atoms with Crippen LogP contribution in [0.1, 0.15) is 114 Å². The Morgan fingerprint density at radius 1 is 0.481 bits per heavy atom. The summed E-state index contributed by atoms with van der Waals surface area (Å²) in [4.78, 5) is 0. The molecular formula is C50H64Cl2SiZr. The first-order chi connectivity index (χ1) is 26.5. The van der Waals surface area contributed by atoms with Gasteiger partial charge in [0.1, 0.15) is 0 Å². The zero-order valence-electron chi connectivity index (χ0n) is 34.0. The van der Waals surface area contributed by atoms with Crippen molar-refractivity contribution in [3.05, 3.63) is 131 Å². The molecule has 0 aliphatic heterocycles. The molecule has 6 rings (SSSR count). The van der Waals surface area contributed by atoms with E-state index in [2.05, 4.69) is 150 Å². The summed E-state index contributed by atoms with van der Waals surface area (Å²) in [6.45, 7) is 13.3. The van der Waals surface area contributed by atoms with E-state index in [-0.39, 0.29) is 0 Å². The van der Waals surface area contributed by atoms with E-state index in [9.17, 15) is 0 Å². The minimum atomic E-state index is -0.826. The molecular weight excluding hydrogens is 791 g/mol. The summed E-state index contributed by atoms with van der Waals surface area (Å²) in [6.07, 6.45) is 17.8. The second-order valence-electron chi connectivity index (χ2n) is 14.4. The summed E-state index contributed by atoms with van der Waals surface area (Å²) in [7, 11) is 11.0. The molecule has 0 heterocycles. The van der Waals surface area contributed by atoms with Crippen LogP contribution >= 0.6 is 17.0 Å². The Balaban J connectivity index is 0.000000254. The normalized spacial score (nSPS) is 10.5. The van der Waals surface area contributed by atoms with Crippen molar-refractivity contribution in [2.75, 3.05) is 0 Å². The molecule has 0 aromatic heterocycles. The van der Waals surface area contributed by atoms with E-state index in [1.807, 2.05) is 0 Å². The maximum absolute atomic E-state index is 4.93. The molecule has 0 N–H and O–H groups in total. The Morgan fingerprint density at radius 3 is 1.19 bits per heavy atom. The number of rotatable bonds is 16. The van der Waals surface area contributed by atoms with Crippen LogP contribution in [-0.4, -0.2) is 9.52 Å². The average Bonchev–Trinajstić information content (AvgIpc) is 3.80. The van der Waals surface area contributed by atoms with Crippen molar-refractivity contribution in [2.45, 2.75) is 131 Å². The molecule has 0 nitrogen and oxygen atoms in total. The third-order valence-corrected chi connectivity index (χ3v) is 9.87. The fourth-order valence-corrected chi connectivity index (χ4v) is 7.18. The van der Waals surface area contributed by atoms with Crippen molar-refractivity contribution >= 4 is 48.1 Å². The van der Waals surface area contributed by atoms with Crippen molar-refractivity contribution < 1.29 is 20.8 Å². The molecule has 0 saturated heterocycles. The Hall–Kier alpha value is -2.22. The van der Waals surface area contributed by atoms with E-state index < -0.39 is 20.8 Å². The molecule has 0 bridgehead atoms. The molecule has 54 heavy (non-hydrogen) atoms. The predicted molar refractivity (Wildman–Crippen MR) is 243 cm³/mol. The van der Waals surface area contributed by atoms with Crippen molar-refractivity contribution in [1.29, 1.82) is 0 Å². The topological polar surface area (TPSA) is 0 Å². The summed E-state index contributed by atoms with van der Waals surface area (Å²) in [5, 5.41) is 5.55. The minimum absolute atomic E-state index is 0.826. The third-order valence-electron chi connectivity index (χ3n) is 9.87. The van der Waals surface area contributed by atoms with Crippen LogP contribution in [0.15, 0.2) is 109 Å². The number of aryl methyl sites for hydroxylation is 4. The third kappa shape index (κ3) is 15.4. The van der Waals surface area contributed by atoms with Crippen LogP contribution in [0, 0.1) is 0 Å². The van der Waals surface area contributed by atoms with E-state index >= 15 is 0 Å². The summed E-state index contributed by atoms with van der Waals surface area (Å²) in [5.41, 5.74) is 11.3. The van der Waals surface area contributed by atoms with Gasteiger partial charge in [-0.3, -0.25) is 0 Å². The second-order valence-corrected chi connectivity index (χ2v) is 19.2. The molecule has 6 aromatic carbocycles. The van der Waals surface area contributed by atoms with Crippen molar-refractivity contribution in [1.82, 2.24) is 0 Å². The standard InChI is InChI=1S/2C24H29.C2H6Si.2ClH.Zr/c2*1-3-5-6-7-10-19-13-15-21(16-14-19)23-12-8-11-22-17-20(9-4-2)18-24(22)23;1-3-2;;;/h2*8,11-18H,3-7,9-10H2,1-2H3;1-2H3;2*1H;/q2*-1;;;;+4/p-2. The van der Waals surface area contributed by atoms with Gasteiger partial charge >= 0.3 is 37.9 Å². The molecule has 0 spiro atoms. The van der Waals surface area contributed by atoms with Gasteiger partial charge in [-0.15, -0.1) is 69.1 Å². The van der Waals surface area contributed by atoms with Crippen molar-refractivity contribution in [3.8, 4) is 22.3 Å². The SMILES string of the molecule is CCCCCCc1ccc(-c2cccc3[cH-]c(CCC)cc23)cc1.CCCCCCc1ccc(-c2cccc3[cH-]c(CCC)cc23)cc1.C[Si]C.[Cl][Zr+2][Cl]. The van der Waals surface area contributed by atoms with Gasteiger partial charge in [-0.2, -0.15) is 12.1 Å². The molecule has 0 amide bonds. The molecule has 6 aromatic rings.